The molecule has 0 aromatic carbocycles. The fraction of sp³-hybridized carbons (Fsp3) is 0.800. The summed E-state index contributed by atoms with van der Waals surface area (Å²) in [5.41, 5.74) is 0. The molecule has 2 atom stereocenters. The normalized spacial score (nSPS) is 25.3. The largest absolute Gasteiger partial charge is 0.481 e. The molecule has 0 saturated carbocycles. The van der Waals surface area contributed by atoms with E-state index >= 15 is 0 Å². The molecule has 2 unspecified atom stereocenters. The van der Waals surface area contributed by atoms with Gasteiger partial charge in [-0.3, -0.25) is 9.59 Å². The smallest absolute Gasteiger partial charge is 0.471 e. The first kappa shape index (κ1) is 14.7. The Kier molecular flexibility index (Phi) is 4.20. The van der Waals surface area contributed by atoms with Gasteiger partial charge < -0.3 is 14.9 Å². The second-order valence-corrected chi connectivity index (χ2v) is 4.60. The predicted octanol–water partition coefficient (Wildman–Crippen LogP) is 0.412. The summed E-state index contributed by atoms with van der Waals surface area (Å²) in [5, 5.41) is 8.90. The Hall–Kier alpha value is -1.31. The van der Waals surface area contributed by atoms with Gasteiger partial charge in [-0.2, -0.15) is 13.2 Å². The van der Waals surface area contributed by atoms with E-state index in [0.29, 0.717) is 4.90 Å². The number of halogens is 3. The van der Waals surface area contributed by atoms with Crippen molar-refractivity contribution in [3.8, 4) is 0 Å². The van der Waals surface area contributed by atoms with Crippen LogP contribution < -0.4 is 0 Å². The summed E-state index contributed by atoms with van der Waals surface area (Å²) in [6.45, 7) is -0.493. The van der Waals surface area contributed by atoms with Crippen LogP contribution in [0.3, 0.4) is 0 Å². The third-order valence-electron chi connectivity index (χ3n) is 3.04. The molecule has 18 heavy (non-hydrogen) atoms. The van der Waals surface area contributed by atoms with Gasteiger partial charge in [0.25, 0.3) is 0 Å². The Morgan fingerprint density at radius 1 is 1.28 bits per heavy atom. The number of carbonyl (C=O) groups is 2. The van der Waals surface area contributed by atoms with Gasteiger partial charge in [-0.15, -0.1) is 0 Å². The number of hydrogen-bond donors (Lipinski definition) is 1. The lowest BCUT2D eigenvalue weighted by molar-refractivity contribution is -0.188. The van der Waals surface area contributed by atoms with Crippen molar-refractivity contribution in [3.63, 3.8) is 0 Å². The quantitative estimate of drug-likeness (QED) is 0.788. The van der Waals surface area contributed by atoms with Crippen LogP contribution in [0.1, 0.15) is 6.42 Å². The van der Waals surface area contributed by atoms with Crippen molar-refractivity contribution in [2.75, 3.05) is 27.2 Å². The van der Waals surface area contributed by atoms with Crippen molar-refractivity contribution in [1.82, 2.24) is 9.80 Å². The van der Waals surface area contributed by atoms with Gasteiger partial charge in [0.1, 0.15) is 0 Å². The highest BCUT2D eigenvalue weighted by atomic mass is 19.4. The first-order valence-electron chi connectivity index (χ1n) is 5.38. The number of nitrogens with zero attached hydrogens (tertiary/aromatic N) is 2. The molecule has 1 N–H and O–H groups in total. The molecule has 0 aliphatic carbocycles. The number of carboxylic acids is 1. The van der Waals surface area contributed by atoms with Gasteiger partial charge >= 0.3 is 18.1 Å². The topological polar surface area (TPSA) is 60.9 Å². The van der Waals surface area contributed by atoms with Gasteiger partial charge in [0.05, 0.1) is 5.92 Å². The van der Waals surface area contributed by atoms with E-state index in [1.54, 1.807) is 19.0 Å². The van der Waals surface area contributed by atoms with Crippen LogP contribution >= 0.6 is 0 Å². The van der Waals surface area contributed by atoms with E-state index in [4.69, 9.17) is 5.11 Å². The monoisotopic (exact) mass is 268 g/mol. The molecular formula is C10H15F3N2O3. The van der Waals surface area contributed by atoms with Crippen LogP contribution in [0.2, 0.25) is 0 Å². The number of likely N-dealkylation sites (tertiary alicyclic amines) is 1. The second kappa shape index (κ2) is 5.13. The van der Waals surface area contributed by atoms with Crippen LogP contribution in [0.4, 0.5) is 13.2 Å². The summed E-state index contributed by atoms with van der Waals surface area (Å²) in [4.78, 5) is 24.3. The highest BCUT2D eigenvalue weighted by Gasteiger charge is 2.46. The maximum atomic E-state index is 12.3. The minimum absolute atomic E-state index is 0.102. The van der Waals surface area contributed by atoms with Crippen LogP contribution in [-0.2, 0) is 9.59 Å². The molecule has 1 saturated heterocycles. The van der Waals surface area contributed by atoms with Crippen LogP contribution in [0, 0.1) is 5.92 Å². The molecule has 1 aliphatic rings. The number of rotatable bonds is 2. The molecule has 1 rings (SSSR count). The Balaban J connectivity index is 2.86. The molecule has 5 nitrogen and oxygen atoms in total. The van der Waals surface area contributed by atoms with Crippen LogP contribution in [0.25, 0.3) is 0 Å². The zero-order chi connectivity index (χ0) is 14.1. The van der Waals surface area contributed by atoms with E-state index in [2.05, 4.69) is 0 Å². The predicted molar refractivity (Wildman–Crippen MR) is 55.9 cm³/mol. The zero-order valence-corrected chi connectivity index (χ0v) is 10.1. The molecular weight excluding hydrogens is 253 g/mol. The number of amides is 1. The molecule has 0 aromatic rings. The molecule has 104 valence electrons. The summed E-state index contributed by atoms with van der Waals surface area (Å²) >= 11 is 0. The molecule has 1 fully saturated rings. The summed E-state index contributed by atoms with van der Waals surface area (Å²) in [7, 11) is 3.29. The summed E-state index contributed by atoms with van der Waals surface area (Å²) in [5.74, 6) is -4.11. The molecule has 1 heterocycles. The minimum atomic E-state index is -4.96. The molecule has 1 aliphatic heterocycles. The average molecular weight is 268 g/mol. The van der Waals surface area contributed by atoms with E-state index < -0.39 is 30.5 Å². The number of likely N-dealkylation sites (N-methyl/N-ethyl adjacent to an activating group) is 1. The first-order valence-corrected chi connectivity index (χ1v) is 5.38. The van der Waals surface area contributed by atoms with Gasteiger partial charge in [0, 0.05) is 19.1 Å². The molecule has 0 spiro atoms. The van der Waals surface area contributed by atoms with E-state index in [-0.39, 0.29) is 19.0 Å². The van der Waals surface area contributed by atoms with Gasteiger partial charge in [-0.25, -0.2) is 0 Å². The maximum absolute atomic E-state index is 12.3. The van der Waals surface area contributed by atoms with E-state index in [1.165, 1.54) is 0 Å². The molecule has 0 radical (unpaired) electrons. The van der Waals surface area contributed by atoms with Crippen molar-refractivity contribution in [2.24, 2.45) is 5.92 Å². The summed E-state index contributed by atoms with van der Waals surface area (Å²) in [6, 6.07) is -0.383. The lowest BCUT2D eigenvalue weighted by Gasteiger charge is -2.39. The molecule has 8 heteroatoms. The van der Waals surface area contributed by atoms with Crippen LogP contribution in [0.5, 0.6) is 0 Å². The SMILES string of the molecule is CN(C)C1CC(C(=O)O)CN(C(=O)C(F)(F)F)C1. The minimum Gasteiger partial charge on any atom is -0.481 e. The Morgan fingerprint density at radius 2 is 1.83 bits per heavy atom. The second-order valence-electron chi connectivity index (χ2n) is 4.60. The third-order valence-corrected chi connectivity index (χ3v) is 3.04. The molecule has 0 bridgehead atoms. The highest BCUT2D eigenvalue weighted by molar-refractivity contribution is 5.83. The highest BCUT2D eigenvalue weighted by Crippen LogP contribution is 2.25. The zero-order valence-electron chi connectivity index (χ0n) is 10.1. The van der Waals surface area contributed by atoms with Gasteiger partial charge in [-0.05, 0) is 20.5 Å². The van der Waals surface area contributed by atoms with E-state index in [9.17, 15) is 22.8 Å². The Bertz CT molecular complexity index is 344. The fourth-order valence-corrected chi connectivity index (χ4v) is 1.97. The Morgan fingerprint density at radius 3 is 2.22 bits per heavy atom. The standard InChI is InChI=1S/C10H15F3N2O3/c1-14(2)7-3-6(8(16)17)4-15(5-7)9(18)10(11,12)13/h6-7H,3-5H2,1-2H3,(H,16,17). The van der Waals surface area contributed by atoms with Gasteiger partial charge in [-0.1, -0.05) is 0 Å². The van der Waals surface area contributed by atoms with Crippen molar-refractivity contribution in [2.45, 2.75) is 18.6 Å². The number of hydrogen-bond acceptors (Lipinski definition) is 3. The Labute approximate surface area is 102 Å². The van der Waals surface area contributed by atoms with Crippen LogP contribution in [0.15, 0.2) is 0 Å². The maximum Gasteiger partial charge on any atom is 0.471 e. The number of aliphatic carboxylic acids is 1. The lowest BCUT2D eigenvalue weighted by Crippen LogP contribution is -2.55. The first-order chi connectivity index (χ1) is 8.12. The van der Waals surface area contributed by atoms with Gasteiger partial charge in [0.15, 0.2) is 0 Å². The van der Waals surface area contributed by atoms with Crippen molar-refractivity contribution >= 4 is 11.9 Å². The summed E-state index contributed by atoms with van der Waals surface area (Å²) < 4.78 is 37.0. The van der Waals surface area contributed by atoms with Gasteiger partial charge in [0.2, 0.25) is 0 Å². The van der Waals surface area contributed by atoms with Crippen molar-refractivity contribution in [3.05, 3.63) is 0 Å². The molecule has 1 amide bonds. The number of piperidine rings is 1. The number of carboxylic acid groups (broad SMARTS) is 1. The van der Waals surface area contributed by atoms with Crippen molar-refractivity contribution < 1.29 is 27.9 Å². The van der Waals surface area contributed by atoms with E-state index in [1.807, 2.05) is 0 Å². The molecule has 0 aromatic heterocycles. The fourth-order valence-electron chi connectivity index (χ4n) is 1.97. The lowest BCUT2D eigenvalue weighted by atomic mass is 9.93. The summed E-state index contributed by atoms with van der Waals surface area (Å²) in [6.07, 6.45) is -4.72. The number of alkyl halides is 3. The number of carbonyl (C=O) groups excluding carboxylic acids is 1. The van der Waals surface area contributed by atoms with Crippen LogP contribution in [-0.4, -0.2) is 66.2 Å². The van der Waals surface area contributed by atoms with Crippen molar-refractivity contribution in [1.29, 1.82) is 0 Å². The third kappa shape index (κ3) is 3.34. The van der Waals surface area contributed by atoms with E-state index in [0.717, 1.165) is 0 Å². The average Bonchev–Trinajstić information content (AvgIpc) is 2.26.